The molecule has 0 spiro atoms. The second-order valence-electron chi connectivity index (χ2n) is 7.50. The molecule has 4 rings (SSSR count). The number of rotatable bonds is 7. The largest absolute Gasteiger partial charge is 0.471 e. The van der Waals surface area contributed by atoms with E-state index in [4.69, 9.17) is 4.74 Å². The van der Waals surface area contributed by atoms with E-state index < -0.39 is 23.3 Å². The predicted molar refractivity (Wildman–Crippen MR) is 122 cm³/mol. The molecule has 0 amide bonds. The van der Waals surface area contributed by atoms with Gasteiger partial charge in [-0.3, -0.25) is 9.11 Å². The van der Waals surface area contributed by atoms with Crippen LogP contribution >= 0.6 is 0 Å². The molecule has 1 fully saturated rings. The Bertz CT molecular complexity index is 1080. The Hall–Kier alpha value is -2.89. The van der Waals surface area contributed by atoms with Gasteiger partial charge in [-0.05, 0) is 19.4 Å². The standard InChI is InChI=1S/C21H26N6O4S/c1-14(28)27(15(2)29)21-24-18-17(19(25-21)26-8-10-32(30)11-9-26)22-13-23-20(18)31-12-16-6-4-3-5-7-16/h3-7,13-15,28-29H,8-12H2,1-2H3. The van der Waals surface area contributed by atoms with Gasteiger partial charge >= 0.3 is 0 Å². The average Bonchev–Trinajstić information content (AvgIpc) is 2.78. The van der Waals surface area contributed by atoms with Crippen LogP contribution in [0.3, 0.4) is 0 Å². The lowest BCUT2D eigenvalue weighted by Gasteiger charge is -2.31. The van der Waals surface area contributed by atoms with Gasteiger partial charge in [-0.15, -0.1) is 0 Å². The van der Waals surface area contributed by atoms with Crippen molar-refractivity contribution in [2.75, 3.05) is 34.4 Å². The zero-order valence-corrected chi connectivity index (χ0v) is 18.8. The van der Waals surface area contributed by atoms with Crippen molar-refractivity contribution in [3.05, 3.63) is 42.2 Å². The van der Waals surface area contributed by atoms with Crippen LogP contribution in [-0.2, 0) is 17.4 Å². The summed E-state index contributed by atoms with van der Waals surface area (Å²) < 4.78 is 17.8. The third-order valence-corrected chi connectivity index (χ3v) is 6.43. The summed E-state index contributed by atoms with van der Waals surface area (Å²) in [6, 6.07) is 9.69. The van der Waals surface area contributed by atoms with Crippen LogP contribution in [0.2, 0.25) is 0 Å². The first-order valence-electron chi connectivity index (χ1n) is 10.4. The lowest BCUT2D eigenvalue weighted by atomic mass is 10.2. The van der Waals surface area contributed by atoms with Crippen LogP contribution in [0.4, 0.5) is 11.8 Å². The van der Waals surface area contributed by atoms with Crippen molar-refractivity contribution in [1.29, 1.82) is 0 Å². The Morgan fingerprint density at radius 1 is 1.06 bits per heavy atom. The van der Waals surface area contributed by atoms with Gasteiger partial charge in [-0.2, -0.15) is 9.97 Å². The van der Waals surface area contributed by atoms with E-state index in [1.807, 2.05) is 35.2 Å². The molecule has 11 heteroatoms. The highest BCUT2D eigenvalue weighted by Gasteiger charge is 2.27. The number of benzene rings is 1. The lowest BCUT2D eigenvalue weighted by Crippen LogP contribution is -2.42. The monoisotopic (exact) mass is 458 g/mol. The Kier molecular flexibility index (Phi) is 6.77. The van der Waals surface area contributed by atoms with Crippen molar-refractivity contribution in [2.24, 2.45) is 0 Å². The van der Waals surface area contributed by atoms with E-state index in [1.54, 1.807) is 0 Å². The summed E-state index contributed by atoms with van der Waals surface area (Å²) >= 11 is 0. The minimum Gasteiger partial charge on any atom is -0.471 e. The van der Waals surface area contributed by atoms with Crippen LogP contribution < -0.4 is 14.5 Å². The Morgan fingerprint density at radius 3 is 2.41 bits per heavy atom. The number of hydrogen-bond donors (Lipinski definition) is 2. The van der Waals surface area contributed by atoms with Gasteiger partial charge in [0, 0.05) is 35.4 Å². The van der Waals surface area contributed by atoms with Crippen molar-refractivity contribution in [3.63, 3.8) is 0 Å². The van der Waals surface area contributed by atoms with Gasteiger partial charge in [-0.1, -0.05) is 30.3 Å². The van der Waals surface area contributed by atoms with Gasteiger partial charge in [-0.25, -0.2) is 9.97 Å². The summed E-state index contributed by atoms with van der Waals surface area (Å²) in [5.41, 5.74) is 1.85. The zero-order valence-electron chi connectivity index (χ0n) is 18.0. The van der Waals surface area contributed by atoms with Gasteiger partial charge in [0.05, 0.1) is 0 Å². The predicted octanol–water partition coefficient (Wildman–Crippen LogP) is 1.05. The summed E-state index contributed by atoms with van der Waals surface area (Å²) in [5, 5.41) is 20.5. The van der Waals surface area contributed by atoms with Crippen LogP contribution in [0.1, 0.15) is 19.4 Å². The molecular formula is C21H26N6O4S. The summed E-state index contributed by atoms with van der Waals surface area (Å²) in [6.45, 7) is 4.44. The minimum absolute atomic E-state index is 0.128. The molecule has 2 aromatic heterocycles. The quantitative estimate of drug-likeness (QED) is 0.496. The number of hydrogen-bond acceptors (Lipinski definition) is 10. The number of ether oxygens (including phenoxy) is 1. The fraction of sp³-hybridized carbons (Fsp3) is 0.429. The number of aromatic nitrogens is 4. The second kappa shape index (κ2) is 9.72. The molecule has 170 valence electrons. The number of aliphatic hydroxyl groups excluding tert-OH is 2. The second-order valence-corrected chi connectivity index (χ2v) is 9.20. The lowest BCUT2D eigenvalue weighted by molar-refractivity contribution is 0.103. The SMILES string of the molecule is CC(O)N(c1nc(N2CCS(=O)CC2)c2ncnc(OCc3ccccc3)c2n1)C(C)O. The molecule has 10 nitrogen and oxygen atoms in total. The molecular weight excluding hydrogens is 432 g/mol. The number of fused-ring (bicyclic) bond motifs is 1. The molecule has 1 aliphatic rings. The third kappa shape index (κ3) is 4.79. The maximum absolute atomic E-state index is 11.9. The number of anilines is 2. The first-order valence-corrected chi connectivity index (χ1v) is 11.9. The van der Waals surface area contributed by atoms with Crippen molar-refractivity contribution < 1.29 is 19.2 Å². The topological polar surface area (TPSA) is 125 Å². The fourth-order valence-corrected chi connectivity index (χ4v) is 4.62. The minimum atomic E-state index is -1.03. The molecule has 3 aromatic rings. The molecule has 0 radical (unpaired) electrons. The van der Waals surface area contributed by atoms with Crippen molar-refractivity contribution in [1.82, 2.24) is 19.9 Å². The van der Waals surface area contributed by atoms with E-state index >= 15 is 0 Å². The molecule has 2 unspecified atom stereocenters. The van der Waals surface area contributed by atoms with Crippen molar-refractivity contribution in [3.8, 4) is 5.88 Å². The van der Waals surface area contributed by atoms with Gasteiger partial charge in [0.15, 0.2) is 11.3 Å². The maximum Gasteiger partial charge on any atom is 0.244 e. The number of aliphatic hydroxyl groups is 2. The van der Waals surface area contributed by atoms with E-state index in [9.17, 15) is 14.4 Å². The average molecular weight is 459 g/mol. The fourth-order valence-electron chi connectivity index (χ4n) is 3.56. The normalized spacial score (nSPS) is 16.7. The molecule has 0 aliphatic carbocycles. The molecule has 1 aliphatic heterocycles. The zero-order chi connectivity index (χ0) is 22.7. The summed E-state index contributed by atoms with van der Waals surface area (Å²) in [5.74, 6) is 1.99. The van der Waals surface area contributed by atoms with Crippen LogP contribution in [0.15, 0.2) is 36.7 Å². The highest BCUT2D eigenvalue weighted by molar-refractivity contribution is 7.85. The Morgan fingerprint density at radius 2 is 1.75 bits per heavy atom. The summed E-state index contributed by atoms with van der Waals surface area (Å²) in [6.07, 6.45) is -0.668. The Balaban J connectivity index is 1.80. The molecule has 0 saturated carbocycles. The van der Waals surface area contributed by atoms with Crippen molar-refractivity contribution in [2.45, 2.75) is 32.9 Å². The summed E-state index contributed by atoms with van der Waals surface area (Å²) in [7, 11) is -0.859. The maximum atomic E-state index is 11.9. The van der Waals surface area contributed by atoms with Gasteiger partial charge in [0.1, 0.15) is 30.9 Å². The van der Waals surface area contributed by atoms with E-state index in [0.717, 1.165) is 5.56 Å². The molecule has 0 bridgehead atoms. The van der Waals surface area contributed by atoms with Gasteiger partial charge in [0.2, 0.25) is 11.8 Å². The van der Waals surface area contributed by atoms with Crippen LogP contribution in [0.25, 0.3) is 11.0 Å². The van der Waals surface area contributed by atoms with E-state index in [1.165, 1.54) is 25.1 Å². The highest BCUT2D eigenvalue weighted by Crippen LogP contribution is 2.31. The molecule has 3 heterocycles. The van der Waals surface area contributed by atoms with E-state index in [2.05, 4.69) is 19.9 Å². The first-order chi connectivity index (χ1) is 15.4. The Labute approximate surface area is 188 Å². The van der Waals surface area contributed by atoms with Gasteiger partial charge < -0.3 is 19.8 Å². The summed E-state index contributed by atoms with van der Waals surface area (Å²) in [4.78, 5) is 21.1. The molecule has 2 atom stereocenters. The van der Waals surface area contributed by atoms with Crippen LogP contribution in [0, 0.1) is 0 Å². The van der Waals surface area contributed by atoms with Crippen LogP contribution in [-0.4, -0.2) is 71.4 Å². The van der Waals surface area contributed by atoms with Crippen molar-refractivity contribution >= 4 is 33.6 Å². The van der Waals surface area contributed by atoms with E-state index in [0.29, 0.717) is 48.1 Å². The molecule has 1 saturated heterocycles. The third-order valence-electron chi connectivity index (χ3n) is 5.15. The number of nitrogens with zero attached hydrogens (tertiary/aromatic N) is 6. The molecule has 1 aromatic carbocycles. The molecule has 2 N–H and O–H groups in total. The molecule has 32 heavy (non-hydrogen) atoms. The highest BCUT2D eigenvalue weighted by atomic mass is 32.2. The first kappa shape index (κ1) is 22.3. The van der Waals surface area contributed by atoms with E-state index in [-0.39, 0.29) is 11.8 Å². The van der Waals surface area contributed by atoms with Gasteiger partial charge in [0.25, 0.3) is 0 Å². The van der Waals surface area contributed by atoms with Crippen LogP contribution in [0.5, 0.6) is 5.88 Å². The smallest absolute Gasteiger partial charge is 0.244 e.